The van der Waals surface area contributed by atoms with E-state index in [0.717, 1.165) is 10.5 Å². The van der Waals surface area contributed by atoms with Crippen LogP contribution in [0.15, 0.2) is 78.4 Å². The van der Waals surface area contributed by atoms with Crippen LogP contribution in [-0.4, -0.2) is 30.9 Å². The normalized spacial score (nSPS) is 14.6. The largest absolute Gasteiger partial charge is 0.488 e. The molecular formula is C26H19ClN2O6. The number of nitrogens with one attached hydrogen (secondary N) is 1. The van der Waals surface area contributed by atoms with Crippen molar-refractivity contribution in [3.05, 3.63) is 100 Å². The van der Waals surface area contributed by atoms with Crippen molar-refractivity contribution in [3.63, 3.8) is 0 Å². The number of para-hydroxylation sites is 1. The third kappa shape index (κ3) is 5.07. The minimum Gasteiger partial charge on any atom is -0.488 e. The van der Waals surface area contributed by atoms with Crippen molar-refractivity contribution >= 4 is 47.2 Å². The Morgan fingerprint density at radius 1 is 0.971 bits per heavy atom. The number of carbonyl (C=O) groups excluding carboxylic acids is 4. The third-order valence-electron chi connectivity index (χ3n) is 5.21. The molecule has 0 aromatic heterocycles. The second kappa shape index (κ2) is 10.2. The first-order valence-corrected chi connectivity index (χ1v) is 10.8. The molecule has 0 saturated carbocycles. The van der Waals surface area contributed by atoms with E-state index >= 15 is 0 Å². The predicted octanol–water partition coefficient (Wildman–Crippen LogP) is 4.37. The average Bonchev–Trinajstić information content (AvgIpc) is 2.86. The maximum absolute atomic E-state index is 13.2. The number of rotatable bonds is 6. The minimum absolute atomic E-state index is 0.178. The van der Waals surface area contributed by atoms with E-state index in [2.05, 4.69) is 10.1 Å². The molecule has 4 amide bonds. The molecule has 1 aliphatic rings. The molecule has 0 radical (unpaired) electrons. The first kappa shape index (κ1) is 23.7. The fourth-order valence-electron chi connectivity index (χ4n) is 3.41. The van der Waals surface area contributed by atoms with E-state index in [0.29, 0.717) is 16.3 Å². The molecule has 0 spiro atoms. The number of methoxy groups -OCH3 is 1. The van der Waals surface area contributed by atoms with E-state index in [1.54, 1.807) is 30.3 Å². The summed E-state index contributed by atoms with van der Waals surface area (Å²) in [6.07, 6.45) is 1.36. The van der Waals surface area contributed by atoms with Gasteiger partial charge in [0.1, 0.15) is 17.9 Å². The van der Waals surface area contributed by atoms with Gasteiger partial charge in [-0.2, -0.15) is 0 Å². The highest BCUT2D eigenvalue weighted by Gasteiger charge is 2.37. The summed E-state index contributed by atoms with van der Waals surface area (Å²) in [6.45, 7) is 0.178. The lowest BCUT2D eigenvalue weighted by atomic mass is 10.1. The molecule has 1 saturated heterocycles. The lowest BCUT2D eigenvalue weighted by molar-refractivity contribution is -0.122. The Morgan fingerprint density at radius 2 is 1.66 bits per heavy atom. The number of nitrogens with zero attached hydrogens (tertiary/aromatic N) is 1. The Bertz CT molecular complexity index is 1350. The highest BCUT2D eigenvalue weighted by molar-refractivity contribution is 6.39. The molecule has 1 fully saturated rings. The molecule has 0 aliphatic carbocycles. The molecule has 176 valence electrons. The smallest absolute Gasteiger partial charge is 0.337 e. The van der Waals surface area contributed by atoms with Crippen molar-refractivity contribution in [2.45, 2.75) is 6.61 Å². The highest BCUT2D eigenvalue weighted by Crippen LogP contribution is 2.27. The Hall–Kier alpha value is -4.43. The van der Waals surface area contributed by atoms with Crippen LogP contribution in [0.4, 0.5) is 10.5 Å². The lowest BCUT2D eigenvalue weighted by Crippen LogP contribution is -2.54. The number of hydrogen-bond acceptors (Lipinski definition) is 6. The molecule has 1 heterocycles. The summed E-state index contributed by atoms with van der Waals surface area (Å²) in [4.78, 5) is 50.7. The molecule has 9 heteroatoms. The van der Waals surface area contributed by atoms with Gasteiger partial charge < -0.3 is 9.47 Å². The number of ether oxygens (including phenoxy) is 2. The Balaban J connectivity index is 1.62. The van der Waals surface area contributed by atoms with Crippen LogP contribution in [0.5, 0.6) is 5.75 Å². The number of amides is 4. The monoisotopic (exact) mass is 490 g/mol. The Morgan fingerprint density at radius 3 is 2.37 bits per heavy atom. The van der Waals surface area contributed by atoms with Gasteiger partial charge in [-0.25, -0.2) is 14.5 Å². The molecule has 8 nitrogen and oxygen atoms in total. The zero-order valence-corrected chi connectivity index (χ0v) is 19.2. The van der Waals surface area contributed by atoms with Gasteiger partial charge in [-0.1, -0.05) is 48.0 Å². The molecule has 4 rings (SSSR count). The second-order valence-corrected chi connectivity index (χ2v) is 7.82. The van der Waals surface area contributed by atoms with Gasteiger partial charge in [-0.15, -0.1) is 0 Å². The molecule has 0 atom stereocenters. The number of benzene rings is 3. The SMILES string of the molecule is COC(=O)c1ccc(N2C(=O)NC(=O)/C(=C\c3ccccc3OCc3ccccc3Cl)C2=O)cc1. The fraction of sp³-hybridized carbons (Fsp3) is 0.0769. The van der Waals surface area contributed by atoms with Crippen LogP contribution in [0.25, 0.3) is 6.08 Å². The van der Waals surface area contributed by atoms with Gasteiger partial charge in [0.05, 0.1) is 18.4 Å². The maximum Gasteiger partial charge on any atom is 0.337 e. The van der Waals surface area contributed by atoms with Crippen molar-refractivity contribution in [2.24, 2.45) is 0 Å². The summed E-state index contributed by atoms with van der Waals surface area (Å²) in [5.74, 6) is -1.78. The van der Waals surface area contributed by atoms with Crippen molar-refractivity contribution in [1.29, 1.82) is 0 Å². The minimum atomic E-state index is -0.897. The molecule has 0 bridgehead atoms. The summed E-state index contributed by atoms with van der Waals surface area (Å²) in [5, 5.41) is 2.72. The summed E-state index contributed by atoms with van der Waals surface area (Å²) < 4.78 is 10.6. The molecule has 1 aliphatic heterocycles. The summed E-state index contributed by atoms with van der Waals surface area (Å²) in [5.41, 5.74) is 1.42. The van der Waals surface area contributed by atoms with Gasteiger partial charge in [0, 0.05) is 16.1 Å². The Kier molecular flexibility index (Phi) is 6.93. The van der Waals surface area contributed by atoms with Crippen LogP contribution >= 0.6 is 11.6 Å². The molecule has 1 N–H and O–H groups in total. The van der Waals surface area contributed by atoms with Gasteiger partial charge in [0.15, 0.2) is 0 Å². The number of imide groups is 2. The van der Waals surface area contributed by atoms with E-state index < -0.39 is 23.8 Å². The summed E-state index contributed by atoms with van der Waals surface area (Å²) >= 11 is 6.19. The Labute approximate surface area is 205 Å². The lowest BCUT2D eigenvalue weighted by Gasteiger charge is -2.26. The zero-order valence-electron chi connectivity index (χ0n) is 18.5. The van der Waals surface area contributed by atoms with Crippen LogP contribution in [0.2, 0.25) is 5.02 Å². The maximum atomic E-state index is 13.2. The van der Waals surface area contributed by atoms with Crippen LogP contribution in [0, 0.1) is 0 Å². The zero-order chi connectivity index (χ0) is 24.9. The highest BCUT2D eigenvalue weighted by atomic mass is 35.5. The topological polar surface area (TPSA) is 102 Å². The number of urea groups is 1. The number of esters is 1. The first-order valence-electron chi connectivity index (χ1n) is 10.4. The van der Waals surface area contributed by atoms with E-state index in [-0.39, 0.29) is 23.4 Å². The van der Waals surface area contributed by atoms with E-state index in [1.165, 1.54) is 37.5 Å². The van der Waals surface area contributed by atoms with Crippen LogP contribution in [0.3, 0.4) is 0 Å². The quantitative estimate of drug-likeness (QED) is 0.313. The average molecular weight is 491 g/mol. The number of carbonyl (C=O) groups is 4. The van der Waals surface area contributed by atoms with Gasteiger partial charge in [0.2, 0.25) is 0 Å². The number of halogens is 1. The van der Waals surface area contributed by atoms with Crippen molar-refractivity contribution in [2.75, 3.05) is 12.0 Å². The standard InChI is InChI=1S/C26H19ClN2O6/c1-34-25(32)16-10-12-19(13-11-16)29-24(31)20(23(30)28-26(29)33)14-17-6-3-5-9-22(17)35-15-18-7-2-4-8-21(18)27/h2-14H,15H2,1H3,(H,28,30,33)/b20-14+. The molecule has 3 aromatic rings. The van der Waals surface area contributed by atoms with Crippen molar-refractivity contribution in [3.8, 4) is 5.75 Å². The van der Waals surface area contributed by atoms with Gasteiger partial charge in [0.25, 0.3) is 11.8 Å². The van der Waals surface area contributed by atoms with Gasteiger partial charge in [-0.05, 0) is 42.5 Å². The molecular weight excluding hydrogens is 472 g/mol. The number of anilines is 1. The molecule has 3 aromatic carbocycles. The van der Waals surface area contributed by atoms with E-state index in [9.17, 15) is 19.2 Å². The van der Waals surface area contributed by atoms with Crippen LogP contribution < -0.4 is 15.0 Å². The van der Waals surface area contributed by atoms with E-state index in [1.807, 2.05) is 18.2 Å². The molecule has 0 unspecified atom stereocenters. The number of barbiturate groups is 1. The first-order chi connectivity index (χ1) is 16.9. The van der Waals surface area contributed by atoms with Gasteiger partial charge >= 0.3 is 12.0 Å². The molecule has 35 heavy (non-hydrogen) atoms. The summed E-state index contributed by atoms with van der Waals surface area (Å²) in [6, 6.07) is 18.9. The van der Waals surface area contributed by atoms with Crippen molar-refractivity contribution in [1.82, 2.24) is 5.32 Å². The van der Waals surface area contributed by atoms with Crippen LogP contribution in [-0.2, 0) is 20.9 Å². The van der Waals surface area contributed by atoms with Crippen molar-refractivity contribution < 1.29 is 28.7 Å². The van der Waals surface area contributed by atoms with E-state index in [4.69, 9.17) is 16.3 Å². The predicted molar refractivity (Wildman–Crippen MR) is 129 cm³/mol. The number of hydrogen-bond donors (Lipinski definition) is 1. The van der Waals surface area contributed by atoms with Crippen LogP contribution in [0.1, 0.15) is 21.5 Å². The summed E-state index contributed by atoms with van der Waals surface area (Å²) in [7, 11) is 1.25. The third-order valence-corrected chi connectivity index (χ3v) is 5.58. The van der Waals surface area contributed by atoms with Gasteiger partial charge in [-0.3, -0.25) is 14.9 Å². The fourth-order valence-corrected chi connectivity index (χ4v) is 3.60. The second-order valence-electron chi connectivity index (χ2n) is 7.41.